The minimum Gasteiger partial charge on any atom is -0.309 e. The highest BCUT2D eigenvalue weighted by Crippen LogP contribution is 2.16. The van der Waals surface area contributed by atoms with Gasteiger partial charge < -0.3 is 5.32 Å². The van der Waals surface area contributed by atoms with Crippen LogP contribution in [-0.4, -0.2) is 0 Å². The number of hydrogen-bond donors (Lipinski definition) is 1. The van der Waals surface area contributed by atoms with E-state index >= 15 is 0 Å². The molecule has 2 aromatic carbocycles. The van der Waals surface area contributed by atoms with E-state index in [1.807, 2.05) is 18.2 Å². The number of hydrogen-bond acceptors (Lipinski definition) is 1. The first-order chi connectivity index (χ1) is 9.08. The molecule has 0 saturated heterocycles. The summed E-state index contributed by atoms with van der Waals surface area (Å²) < 4.78 is 38.7. The van der Waals surface area contributed by atoms with Gasteiger partial charge in [0.2, 0.25) is 0 Å². The average molecular weight is 286 g/mol. The van der Waals surface area contributed by atoms with Crippen LogP contribution in [0.5, 0.6) is 0 Å². The van der Waals surface area contributed by atoms with Crippen molar-refractivity contribution in [2.24, 2.45) is 0 Å². The zero-order valence-electron chi connectivity index (χ0n) is 9.89. The maximum Gasteiger partial charge on any atom is 0.194 e. The van der Waals surface area contributed by atoms with Gasteiger partial charge in [-0.1, -0.05) is 29.8 Å². The molecular formula is C14H11ClF3N. The Morgan fingerprint density at radius 2 is 1.58 bits per heavy atom. The molecule has 0 spiro atoms. The third-order valence-corrected chi connectivity index (χ3v) is 3.01. The van der Waals surface area contributed by atoms with Crippen LogP contribution in [0.1, 0.15) is 11.1 Å². The van der Waals surface area contributed by atoms with Crippen molar-refractivity contribution in [1.29, 1.82) is 0 Å². The van der Waals surface area contributed by atoms with Crippen LogP contribution in [0.15, 0.2) is 36.4 Å². The van der Waals surface area contributed by atoms with Crippen LogP contribution < -0.4 is 5.32 Å². The van der Waals surface area contributed by atoms with Gasteiger partial charge in [-0.15, -0.1) is 0 Å². The first-order valence-corrected chi connectivity index (χ1v) is 6.03. The number of halogens is 4. The van der Waals surface area contributed by atoms with Gasteiger partial charge in [-0.25, -0.2) is 13.2 Å². The number of nitrogens with one attached hydrogen (secondary N) is 1. The van der Waals surface area contributed by atoms with Crippen molar-refractivity contribution < 1.29 is 13.2 Å². The summed E-state index contributed by atoms with van der Waals surface area (Å²) in [6, 6.07) is 9.21. The third kappa shape index (κ3) is 3.49. The normalized spacial score (nSPS) is 10.7. The van der Waals surface area contributed by atoms with Crippen LogP contribution in [0.25, 0.3) is 0 Å². The second-order valence-electron chi connectivity index (χ2n) is 4.07. The van der Waals surface area contributed by atoms with Gasteiger partial charge in [0.25, 0.3) is 0 Å². The lowest BCUT2D eigenvalue weighted by Crippen LogP contribution is -2.13. The highest BCUT2D eigenvalue weighted by Gasteiger charge is 2.10. The van der Waals surface area contributed by atoms with Crippen molar-refractivity contribution in [2.75, 3.05) is 0 Å². The van der Waals surface area contributed by atoms with E-state index < -0.39 is 17.5 Å². The van der Waals surface area contributed by atoms with E-state index in [1.54, 1.807) is 6.07 Å². The lowest BCUT2D eigenvalue weighted by atomic mass is 10.2. The smallest absolute Gasteiger partial charge is 0.194 e. The van der Waals surface area contributed by atoms with E-state index in [2.05, 4.69) is 5.32 Å². The third-order valence-electron chi connectivity index (χ3n) is 2.65. The number of rotatable bonds is 4. The summed E-state index contributed by atoms with van der Waals surface area (Å²) in [7, 11) is 0. The molecule has 100 valence electrons. The molecule has 2 rings (SSSR count). The molecule has 0 amide bonds. The highest BCUT2D eigenvalue weighted by molar-refractivity contribution is 6.31. The van der Waals surface area contributed by atoms with E-state index in [4.69, 9.17) is 11.6 Å². The fraction of sp³-hybridized carbons (Fsp3) is 0.143. The van der Waals surface area contributed by atoms with Crippen molar-refractivity contribution in [2.45, 2.75) is 13.1 Å². The highest BCUT2D eigenvalue weighted by atomic mass is 35.5. The van der Waals surface area contributed by atoms with Crippen molar-refractivity contribution in [3.05, 3.63) is 70.0 Å². The molecule has 2 aromatic rings. The summed E-state index contributed by atoms with van der Waals surface area (Å²) in [5.41, 5.74) is 1.22. The Hall–Kier alpha value is -1.52. The Bertz CT molecular complexity index is 564. The van der Waals surface area contributed by atoms with Crippen molar-refractivity contribution in [3.63, 3.8) is 0 Å². The molecule has 0 aliphatic carbocycles. The Balaban J connectivity index is 1.98. The molecule has 5 heteroatoms. The van der Waals surface area contributed by atoms with Gasteiger partial charge in [-0.3, -0.25) is 0 Å². The molecule has 0 aliphatic rings. The summed E-state index contributed by atoms with van der Waals surface area (Å²) in [5, 5.41) is 3.61. The molecular weight excluding hydrogens is 275 g/mol. The molecule has 0 aliphatic heterocycles. The largest absolute Gasteiger partial charge is 0.309 e. The minimum absolute atomic E-state index is 0.222. The molecule has 0 fully saturated rings. The van der Waals surface area contributed by atoms with Crippen LogP contribution >= 0.6 is 11.6 Å². The molecule has 0 unspecified atom stereocenters. The molecule has 0 aromatic heterocycles. The molecule has 0 bridgehead atoms. The van der Waals surface area contributed by atoms with Gasteiger partial charge in [-0.05, 0) is 29.3 Å². The van der Waals surface area contributed by atoms with Crippen LogP contribution in [0.2, 0.25) is 5.02 Å². The Labute approximate surface area is 114 Å². The summed E-state index contributed by atoms with van der Waals surface area (Å²) in [6.45, 7) is 0.680. The second-order valence-corrected chi connectivity index (χ2v) is 4.48. The average Bonchev–Trinajstić information content (AvgIpc) is 2.38. The van der Waals surface area contributed by atoms with Crippen LogP contribution in [0.4, 0.5) is 13.2 Å². The summed E-state index contributed by atoms with van der Waals surface area (Å²) in [4.78, 5) is 0. The molecule has 0 heterocycles. The molecule has 0 saturated carbocycles. The van der Waals surface area contributed by atoms with E-state index in [0.29, 0.717) is 17.1 Å². The van der Waals surface area contributed by atoms with Gasteiger partial charge in [0.15, 0.2) is 17.5 Å². The standard InChI is InChI=1S/C14H11ClF3N/c15-11-4-2-1-3-10(11)8-19-7-9-5-12(16)14(18)13(17)6-9/h1-6,19H,7-8H2. The van der Waals surface area contributed by atoms with Crippen molar-refractivity contribution >= 4 is 11.6 Å². The molecule has 1 nitrogen and oxygen atoms in total. The first kappa shape index (κ1) is 13.9. The maximum absolute atomic E-state index is 13.0. The van der Waals surface area contributed by atoms with Gasteiger partial charge in [-0.2, -0.15) is 0 Å². The predicted molar refractivity (Wildman–Crippen MR) is 68.3 cm³/mol. The summed E-state index contributed by atoms with van der Waals surface area (Å²) in [6.07, 6.45) is 0. The van der Waals surface area contributed by atoms with Gasteiger partial charge >= 0.3 is 0 Å². The zero-order valence-corrected chi connectivity index (χ0v) is 10.6. The first-order valence-electron chi connectivity index (χ1n) is 5.65. The summed E-state index contributed by atoms with van der Waals surface area (Å²) >= 11 is 5.97. The van der Waals surface area contributed by atoms with E-state index in [-0.39, 0.29) is 6.54 Å². The molecule has 1 N–H and O–H groups in total. The molecule has 19 heavy (non-hydrogen) atoms. The van der Waals surface area contributed by atoms with E-state index in [9.17, 15) is 13.2 Å². The van der Waals surface area contributed by atoms with Gasteiger partial charge in [0.1, 0.15) is 0 Å². The van der Waals surface area contributed by atoms with Crippen LogP contribution in [0.3, 0.4) is 0 Å². The van der Waals surface area contributed by atoms with Crippen LogP contribution in [0, 0.1) is 17.5 Å². The molecule has 0 radical (unpaired) electrons. The fourth-order valence-corrected chi connectivity index (χ4v) is 1.90. The fourth-order valence-electron chi connectivity index (χ4n) is 1.69. The van der Waals surface area contributed by atoms with E-state index in [0.717, 1.165) is 17.7 Å². The van der Waals surface area contributed by atoms with Gasteiger partial charge in [0, 0.05) is 18.1 Å². The van der Waals surface area contributed by atoms with Gasteiger partial charge in [0.05, 0.1) is 0 Å². The second kappa shape index (κ2) is 6.08. The van der Waals surface area contributed by atoms with Crippen molar-refractivity contribution in [3.8, 4) is 0 Å². The molecule has 0 atom stereocenters. The maximum atomic E-state index is 13.0. The SMILES string of the molecule is Fc1cc(CNCc2ccccc2Cl)cc(F)c1F. The Kier molecular flexibility index (Phi) is 4.45. The lowest BCUT2D eigenvalue weighted by molar-refractivity contribution is 0.444. The summed E-state index contributed by atoms with van der Waals surface area (Å²) in [5.74, 6) is -3.82. The number of benzene rings is 2. The Morgan fingerprint density at radius 3 is 2.21 bits per heavy atom. The Morgan fingerprint density at radius 1 is 0.947 bits per heavy atom. The van der Waals surface area contributed by atoms with E-state index in [1.165, 1.54) is 0 Å². The monoisotopic (exact) mass is 285 g/mol. The quantitative estimate of drug-likeness (QED) is 0.836. The lowest BCUT2D eigenvalue weighted by Gasteiger charge is -2.07. The predicted octanol–water partition coefficient (Wildman–Crippen LogP) is 4.05. The van der Waals surface area contributed by atoms with Crippen molar-refractivity contribution in [1.82, 2.24) is 5.32 Å². The van der Waals surface area contributed by atoms with Crippen LogP contribution in [-0.2, 0) is 13.1 Å². The zero-order chi connectivity index (χ0) is 13.8. The topological polar surface area (TPSA) is 12.0 Å². The minimum atomic E-state index is -1.45.